The Morgan fingerprint density at radius 3 is 2.67 bits per heavy atom. The average Bonchev–Trinajstić information content (AvgIpc) is 2.65. The summed E-state index contributed by atoms with van der Waals surface area (Å²) in [6.45, 7) is 6.33. The van der Waals surface area contributed by atoms with Crippen molar-refractivity contribution in [1.29, 1.82) is 0 Å². The first-order chi connectivity index (χ1) is 7.19. The molecule has 0 aliphatic carbocycles. The number of ketones is 1. The Bertz CT molecular complexity index is 314. The second-order valence-electron chi connectivity index (χ2n) is 4.06. The molecule has 0 spiro atoms. The number of Topliss-reactive ketones (excluding diaryl/α,β-unsaturated/α-hetero) is 1. The van der Waals surface area contributed by atoms with Crippen molar-refractivity contribution in [2.75, 3.05) is 0 Å². The van der Waals surface area contributed by atoms with Gasteiger partial charge in [-0.05, 0) is 25.8 Å². The number of carbonyl (C=O) groups excluding carboxylic acids is 1. The molecule has 2 heteroatoms. The van der Waals surface area contributed by atoms with E-state index in [9.17, 15) is 4.79 Å². The van der Waals surface area contributed by atoms with E-state index in [0.29, 0.717) is 5.78 Å². The first kappa shape index (κ1) is 12.4. The molecule has 1 nitrogen and oxygen atoms in total. The molecule has 84 valence electrons. The van der Waals surface area contributed by atoms with E-state index >= 15 is 0 Å². The van der Waals surface area contributed by atoms with Gasteiger partial charge in [0.25, 0.3) is 0 Å². The van der Waals surface area contributed by atoms with Crippen molar-refractivity contribution in [3.63, 3.8) is 0 Å². The first-order valence-electron chi connectivity index (χ1n) is 5.78. The predicted molar refractivity (Wildman–Crippen MR) is 66.7 cm³/mol. The summed E-state index contributed by atoms with van der Waals surface area (Å²) in [6.07, 6.45) is 4.34. The Morgan fingerprint density at radius 2 is 2.20 bits per heavy atom. The largest absolute Gasteiger partial charge is 0.294 e. The molecule has 0 radical (unpaired) electrons. The smallest absolute Gasteiger partial charge is 0.166 e. The molecule has 1 aromatic heterocycles. The summed E-state index contributed by atoms with van der Waals surface area (Å²) in [7, 11) is 0. The summed E-state index contributed by atoms with van der Waals surface area (Å²) in [5, 5.41) is 1.99. The lowest BCUT2D eigenvalue weighted by Crippen LogP contribution is -2.13. The molecular formula is C13H20OS. The van der Waals surface area contributed by atoms with Crippen molar-refractivity contribution in [2.45, 2.75) is 46.5 Å². The van der Waals surface area contributed by atoms with E-state index in [4.69, 9.17) is 0 Å². The standard InChI is InChI=1S/C13H20OS/c1-4-6-7-11(5-2)13(14)12-8-10(3)15-9-12/h8-9,11H,4-7H2,1-3H3. The summed E-state index contributed by atoms with van der Waals surface area (Å²) < 4.78 is 0. The number of carbonyl (C=O) groups is 1. The van der Waals surface area contributed by atoms with Crippen LogP contribution in [0.15, 0.2) is 11.4 Å². The fourth-order valence-electron chi connectivity index (χ4n) is 1.78. The van der Waals surface area contributed by atoms with Gasteiger partial charge in [0, 0.05) is 21.7 Å². The fraction of sp³-hybridized carbons (Fsp3) is 0.615. The van der Waals surface area contributed by atoms with Gasteiger partial charge in [-0.15, -0.1) is 11.3 Å². The van der Waals surface area contributed by atoms with Crippen LogP contribution in [-0.4, -0.2) is 5.78 Å². The molecule has 0 aromatic carbocycles. The molecule has 0 bridgehead atoms. The third kappa shape index (κ3) is 3.45. The third-order valence-electron chi connectivity index (χ3n) is 2.78. The normalized spacial score (nSPS) is 12.7. The van der Waals surface area contributed by atoms with Gasteiger partial charge in [0.1, 0.15) is 0 Å². The van der Waals surface area contributed by atoms with Crippen LogP contribution in [-0.2, 0) is 0 Å². The van der Waals surface area contributed by atoms with Gasteiger partial charge in [-0.1, -0.05) is 26.7 Å². The van der Waals surface area contributed by atoms with Gasteiger partial charge in [-0.3, -0.25) is 4.79 Å². The number of rotatable bonds is 6. The predicted octanol–water partition coefficient (Wildman–Crippen LogP) is 4.46. The molecule has 1 heterocycles. The van der Waals surface area contributed by atoms with Crippen molar-refractivity contribution in [1.82, 2.24) is 0 Å². The molecule has 0 N–H and O–H groups in total. The molecule has 1 rings (SSSR count). The molecule has 0 saturated carbocycles. The first-order valence-corrected chi connectivity index (χ1v) is 6.66. The molecule has 1 unspecified atom stereocenters. The van der Waals surface area contributed by atoms with Crippen molar-refractivity contribution in [2.24, 2.45) is 5.92 Å². The zero-order chi connectivity index (χ0) is 11.3. The van der Waals surface area contributed by atoms with E-state index in [1.807, 2.05) is 11.4 Å². The van der Waals surface area contributed by atoms with E-state index < -0.39 is 0 Å². The van der Waals surface area contributed by atoms with E-state index in [-0.39, 0.29) is 5.92 Å². The SMILES string of the molecule is CCCCC(CC)C(=O)c1csc(C)c1. The van der Waals surface area contributed by atoms with Crippen LogP contribution in [0.5, 0.6) is 0 Å². The van der Waals surface area contributed by atoms with Crippen LogP contribution in [0.2, 0.25) is 0 Å². The maximum Gasteiger partial charge on any atom is 0.166 e. The van der Waals surface area contributed by atoms with Crippen LogP contribution >= 0.6 is 11.3 Å². The monoisotopic (exact) mass is 224 g/mol. The van der Waals surface area contributed by atoms with E-state index in [1.165, 1.54) is 11.3 Å². The second kappa shape index (κ2) is 6.06. The van der Waals surface area contributed by atoms with Gasteiger partial charge in [0.15, 0.2) is 5.78 Å². The maximum atomic E-state index is 12.1. The minimum Gasteiger partial charge on any atom is -0.294 e. The lowest BCUT2D eigenvalue weighted by atomic mass is 9.92. The van der Waals surface area contributed by atoms with Crippen LogP contribution in [0.1, 0.15) is 54.8 Å². The highest BCUT2D eigenvalue weighted by Crippen LogP contribution is 2.22. The number of thiophene rings is 1. The summed E-state index contributed by atoms with van der Waals surface area (Å²) >= 11 is 1.66. The molecule has 1 aromatic rings. The van der Waals surface area contributed by atoms with Crippen LogP contribution in [0.3, 0.4) is 0 Å². The van der Waals surface area contributed by atoms with Gasteiger partial charge in [-0.2, -0.15) is 0 Å². The lowest BCUT2D eigenvalue weighted by molar-refractivity contribution is 0.0908. The molecule has 1 atom stereocenters. The Morgan fingerprint density at radius 1 is 1.47 bits per heavy atom. The third-order valence-corrected chi connectivity index (χ3v) is 3.65. The van der Waals surface area contributed by atoms with Crippen LogP contribution in [0, 0.1) is 12.8 Å². The van der Waals surface area contributed by atoms with Gasteiger partial charge < -0.3 is 0 Å². The van der Waals surface area contributed by atoms with Crippen molar-refractivity contribution >= 4 is 17.1 Å². The Kier molecular flexibility index (Phi) is 5.03. The van der Waals surface area contributed by atoms with Crippen LogP contribution in [0.25, 0.3) is 0 Å². The van der Waals surface area contributed by atoms with Crippen LogP contribution < -0.4 is 0 Å². The summed E-state index contributed by atoms with van der Waals surface area (Å²) in [4.78, 5) is 13.3. The van der Waals surface area contributed by atoms with Crippen molar-refractivity contribution in [3.8, 4) is 0 Å². The zero-order valence-corrected chi connectivity index (χ0v) is 10.7. The molecule has 0 amide bonds. The second-order valence-corrected chi connectivity index (χ2v) is 5.17. The quantitative estimate of drug-likeness (QED) is 0.652. The van der Waals surface area contributed by atoms with Gasteiger partial charge in [0.05, 0.1) is 0 Å². The highest BCUT2D eigenvalue weighted by molar-refractivity contribution is 7.10. The highest BCUT2D eigenvalue weighted by atomic mass is 32.1. The fourth-order valence-corrected chi connectivity index (χ4v) is 2.47. The molecule has 0 saturated heterocycles. The van der Waals surface area contributed by atoms with E-state index in [1.54, 1.807) is 11.3 Å². The van der Waals surface area contributed by atoms with Gasteiger partial charge in [-0.25, -0.2) is 0 Å². The Hall–Kier alpha value is -0.630. The molecule has 0 aliphatic heterocycles. The van der Waals surface area contributed by atoms with Gasteiger partial charge >= 0.3 is 0 Å². The number of hydrogen-bond donors (Lipinski definition) is 0. The molecule has 15 heavy (non-hydrogen) atoms. The number of aryl methyl sites for hydroxylation is 1. The van der Waals surface area contributed by atoms with Crippen LogP contribution in [0.4, 0.5) is 0 Å². The van der Waals surface area contributed by atoms with Gasteiger partial charge in [0.2, 0.25) is 0 Å². The number of hydrogen-bond acceptors (Lipinski definition) is 2. The van der Waals surface area contributed by atoms with Crippen molar-refractivity contribution in [3.05, 3.63) is 21.9 Å². The van der Waals surface area contributed by atoms with E-state index in [2.05, 4.69) is 20.8 Å². The summed E-state index contributed by atoms with van der Waals surface area (Å²) in [6, 6.07) is 2.02. The molecule has 0 aliphatic rings. The number of unbranched alkanes of at least 4 members (excludes halogenated alkanes) is 1. The molecular weight excluding hydrogens is 204 g/mol. The van der Waals surface area contributed by atoms with E-state index in [0.717, 1.165) is 24.8 Å². The zero-order valence-electron chi connectivity index (χ0n) is 9.88. The minimum atomic E-state index is 0.235. The Balaban J connectivity index is 2.64. The maximum absolute atomic E-state index is 12.1. The average molecular weight is 224 g/mol. The molecule has 0 fully saturated rings. The van der Waals surface area contributed by atoms with Crippen molar-refractivity contribution < 1.29 is 4.79 Å². The lowest BCUT2D eigenvalue weighted by Gasteiger charge is -2.11. The summed E-state index contributed by atoms with van der Waals surface area (Å²) in [5.74, 6) is 0.578. The summed E-state index contributed by atoms with van der Waals surface area (Å²) in [5.41, 5.74) is 0.917. The minimum absolute atomic E-state index is 0.235. The highest BCUT2D eigenvalue weighted by Gasteiger charge is 2.18. The topological polar surface area (TPSA) is 17.1 Å². The Labute approximate surface area is 96.5 Å².